The van der Waals surface area contributed by atoms with Crippen molar-refractivity contribution in [1.82, 2.24) is 14.5 Å². The van der Waals surface area contributed by atoms with Crippen molar-refractivity contribution in [2.75, 3.05) is 39.5 Å². The molecule has 2 aromatic rings. The van der Waals surface area contributed by atoms with Crippen molar-refractivity contribution in [3.8, 4) is 0 Å². The number of nitrogens with zero attached hydrogens (tertiary/aromatic N) is 3. The summed E-state index contributed by atoms with van der Waals surface area (Å²) in [4.78, 5) is 6.78. The van der Waals surface area contributed by atoms with Gasteiger partial charge in [0.05, 0.1) is 0 Å². The van der Waals surface area contributed by atoms with Crippen LogP contribution in [0.15, 0.2) is 30.6 Å². The van der Waals surface area contributed by atoms with E-state index in [9.17, 15) is 0 Å². The van der Waals surface area contributed by atoms with Crippen molar-refractivity contribution in [3.05, 3.63) is 30.6 Å². The Hall–Kier alpha value is -0.927. The van der Waals surface area contributed by atoms with Gasteiger partial charge in [-0.25, -0.2) is 0 Å². The zero-order valence-corrected chi connectivity index (χ0v) is 14.0. The Kier molecular flexibility index (Phi) is 3.72. The first-order chi connectivity index (χ1) is 10.3. The van der Waals surface area contributed by atoms with Gasteiger partial charge in [-0.05, 0) is 0 Å². The molecule has 1 aromatic heterocycles. The van der Waals surface area contributed by atoms with Gasteiger partial charge in [-0.2, -0.15) is 0 Å². The Labute approximate surface area is 127 Å². The second kappa shape index (κ2) is 5.70. The average molecular weight is 350 g/mol. The van der Waals surface area contributed by atoms with E-state index in [1.165, 1.54) is 0 Å². The molecular weight excluding hydrogens is 331 g/mol. The van der Waals surface area contributed by atoms with Crippen LogP contribution >= 0.6 is 0 Å². The fraction of sp³-hybridized carbons (Fsp3) is 0.500. The Morgan fingerprint density at radius 1 is 1.00 bits per heavy atom. The standard InChI is InChI=1S/C14H19GeN3O3/c1-2-4-14-13(3-1)16-12-18(14)11-15-19-8-5-17(6-9-20-15)7-10-21-15/h1-4,12H,5-11H2. The molecule has 0 amide bonds. The van der Waals surface area contributed by atoms with Gasteiger partial charge in [0.2, 0.25) is 0 Å². The molecule has 0 radical (unpaired) electrons. The van der Waals surface area contributed by atoms with Gasteiger partial charge in [0, 0.05) is 0 Å². The van der Waals surface area contributed by atoms with Crippen LogP contribution in [0.2, 0.25) is 0 Å². The van der Waals surface area contributed by atoms with Gasteiger partial charge in [0.15, 0.2) is 0 Å². The molecule has 0 spiro atoms. The molecule has 0 unspecified atom stereocenters. The van der Waals surface area contributed by atoms with Gasteiger partial charge in [0.1, 0.15) is 0 Å². The third kappa shape index (κ3) is 2.74. The minimum absolute atomic E-state index is 0.681. The van der Waals surface area contributed by atoms with Crippen molar-refractivity contribution in [2.24, 2.45) is 0 Å². The molecule has 3 aliphatic heterocycles. The fourth-order valence-electron chi connectivity index (χ4n) is 2.93. The summed E-state index contributed by atoms with van der Waals surface area (Å²) >= 11 is -3.23. The summed E-state index contributed by atoms with van der Waals surface area (Å²) in [6.45, 7) is 5.03. The number of aromatic nitrogens is 2. The van der Waals surface area contributed by atoms with E-state index in [4.69, 9.17) is 11.3 Å². The summed E-state index contributed by atoms with van der Waals surface area (Å²) in [6, 6.07) is 8.13. The van der Waals surface area contributed by atoms with E-state index in [2.05, 4.69) is 20.5 Å². The van der Waals surface area contributed by atoms with E-state index in [0.717, 1.165) is 30.7 Å². The number of para-hydroxylation sites is 2. The van der Waals surface area contributed by atoms with Gasteiger partial charge in [-0.15, -0.1) is 0 Å². The number of hydrogen-bond donors (Lipinski definition) is 0. The number of hydrogen-bond acceptors (Lipinski definition) is 5. The van der Waals surface area contributed by atoms with E-state index < -0.39 is 14.3 Å². The molecule has 6 nitrogen and oxygen atoms in total. The van der Waals surface area contributed by atoms with Crippen LogP contribution in [-0.2, 0) is 16.7 Å². The normalized spacial score (nSPS) is 30.0. The molecule has 0 aliphatic carbocycles. The van der Waals surface area contributed by atoms with Crippen molar-refractivity contribution in [1.29, 1.82) is 0 Å². The predicted octanol–water partition coefficient (Wildman–Crippen LogP) is 0.893. The van der Waals surface area contributed by atoms with Crippen molar-refractivity contribution in [3.63, 3.8) is 0 Å². The van der Waals surface area contributed by atoms with Crippen molar-refractivity contribution in [2.45, 2.75) is 5.38 Å². The van der Waals surface area contributed by atoms with Crippen molar-refractivity contribution >= 4 is 25.3 Å². The minimum atomic E-state index is -3.23. The van der Waals surface area contributed by atoms with Gasteiger partial charge >= 0.3 is 126 Å². The molecular formula is C14H19GeN3O3. The molecule has 0 N–H and O–H groups in total. The molecule has 4 heterocycles. The Morgan fingerprint density at radius 3 is 2.38 bits per heavy atom. The predicted molar refractivity (Wildman–Crippen MR) is 79.8 cm³/mol. The van der Waals surface area contributed by atoms with Gasteiger partial charge < -0.3 is 0 Å². The Bertz CT molecular complexity index is 606. The van der Waals surface area contributed by atoms with Crippen LogP contribution in [0, 0.1) is 0 Å². The topological polar surface area (TPSA) is 48.8 Å². The average Bonchev–Trinajstić information content (AvgIpc) is 2.83. The zero-order chi connectivity index (χ0) is 14.1. The SMILES string of the molecule is c1ccc2c(c1)ncn2[CH2][Ge]12[O]CCN(CC[O]1)CC[O]2. The van der Waals surface area contributed by atoms with Gasteiger partial charge in [-0.3, -0.25) is 0 Å². The number of fused-ring (bicyclic) bond motifs is 7. The number of rotatable bonds is 2. The molecule has 112 valence electrons. The first-order valence-corrected chi connectivity index (χ1v) is 11.4. The number of imidazole rings is 1. The summed E-state index contributed by atoms with van der Waals surface area (Å²) in [5.41, 5.74) is 2.11. The Morgan fingerprint density at radius 2 is 1.67 bits per heavy atom. The van der Waals surface area contributed by atoms with E-state index in [-0.39, 0.29) is 0 Å². The van der Waals surface area contributed by atoms with E-state index in [0.29, 0.717) is 25.2 Å². The first-order valence-electron chi connectivity index (χ1n) is 7.39. The third-order valence-corrected chi connectivity index (χ3v) is 9.66. The molecule has 1 aromatic carbocycles. The monoisotopic (exact) mass is 351 g/mol. The van der Waals surface area contributed by atoms with E-state index >= 15 is 0 Å². The fourth-order valence-corrected chi connectivity index (χ4v) is 7.97. The van der Waals surface area contributed by atoms with Crippen LogP contribution in [-0.4, -0.2) is 68.2 Å². The molecule has 0 atom stereocenters. The van der Waals surface area contributed by atoms with Crippen LogP contribution in [0.4, 0.5) is 0 Å². The molecule has 3 aliphatic rings. The molecule has 2 bridgehead atoms. The zero-order valence-electron chi connectivity index (χ0n) is 11.9. The third-order valence-electron chi connectivity index (χ3n) is 4.08. The summed E-state index contributed by atoms with van der Waals surface area (Å²) in [5.74, 6) is 0. The second-order valence-corrected chi connectivity index (χ2v) is 10.8. The van der Waals surface area contributed by atoms with Crippen LogP contribution in [0.3, 0.4) is 0 Å². The van der Waals surface area contributed by atoms with Crippen molar-refractivity contribution < 1.29 is 11.3 Å². The molecule has 5 rings (SSSR count). The molecule has 3 saturated heterocycles. The van der Waals surface area contributed by atoms with Crippen LogP contribution in [0.5, 0.6) is 0 Å². The van der Waals surface area contributed by atoms with E-state index in [1.54, 1.807) is 0 Å². The van der Waals surface area contributed by atoms with Gasteiger partial charge in [0.25, 0.3) is 0 Å². The maximum absolute atomic E-state index is 6.12. The second-order valence-electron chi connectivity index (χ2n) is 5.43. The molecule has 3 fully saturated rings. The molecule has 21 heavy (non-hydrogen) atoms. The quantitative estimate of drug-likeness (QED) is 0.754. The van der Waals surface area contributed by atoms with Gasteiger partial charge in [-0.1, -0.05) is 0 Å². The van der Waals surface area contributed by atoms with Crippen LogP contribution < -0.4 is 0 Å². The van der Waals surface area contributed by atoms with E-state index in [1.807, 2.05) is 24.5 Å². The summed E-state index contributed by atoms with van der Waals surface area (Å²) < 4.78 is 20.5. The summed E-state index contributed by atoms with van der Waals surface area (Å²) in [6.07, 6.45) is 1.87. The summed E-state index contributed by atoms with van der Waals surface area (Å²) in [7, 11) is 0. The first kappa shape index (κ1) is 13.7. The Balaban J connectivity index is 1.64. The van der Waals surface area contributed by atoms with Crippen LogP contribution in [0.25, 0.3) is 11.0 Å². The maximum atomic E-state index is 6.12. The summed E-state index contributed by atoms with van der Waals surface area (Å²) in [5, 5.41) is 0.681. The molecule has 0 saturated carbocycles. The number of benzene rings is 1. The molecule has 7 heteroatoms. The van der Waals surface area contributed by atoms with Crippen LogP contribution in [0.1, 0.15) is 0 Å².